The summed E-state index contributed by atoms with van der Waals surface area (Å²) in [7, 11) is 0. The Labute approximate surface area is 157 Å². The molecule has 0 amide bonds. The van der Waals surface area contributed by atoms with Gasteiger partial charge in [-0.2, -0.15) is 0 Å². The molecule has 3 aromatic carbocycles. The van der Waals surface area contributed by atoms with Gasteiger partial charge in [-0.1, -0.05) is 0 Å². The summed E-state index contributed by atoms with van der Waals surface area (Å²) in [6, 6.07) is 32.6. The Hall–Kier alpha value is -1.62. The molecule has 2 heteroatoms. The summed E-state index contributed by atoms with van der Waals surface area (Å²) >= 11 is 2.76. The summed E-state index contributed by atoms with van der Waals surface area (Å²) in [5.74, 6) is 2.89. The van der Waals surface area contributed by atoms with Crippen molar-refractivity contribution in [1.29, 1.82) is 0 Å². The van der Waals surface area contributed by atoms with Crippen LogP contribution in [-0.2, 0) is 0 Å². The van der Waals surface area contributed by atoms with Crippen molar-refractivity contribution >= 4 is 42.2 Å². The van der Waals surface area contributed by atoms with E-state index in [1.165, 1.54) is 15.9 Å². The van der Waals surface area contributed by atoms with Crippen molar-refractivity contribution in [2.75, 3.05) is 6.16 Å². The summed E-state index contributed by atoms with van der Waals surface area (Å²) in [5.41, 5.74) is 0. The van der Waals surface area contributed by atoms with Gasteiger partial charge in [0.25, 0.3) is 0 Å². The number of benzene rings is 3. The maximum atomic E-state index is 5.70. The average molecular weight is 442 g/mol. The van der Waals surface area contributed by atoms with E-state index in [0.29, 0.717) is 0 Å². The second kappa shape index (κ2) is 7.09. The molecule has 0 nitrogen and oxygen atoms in total. The number of halogens is 1. The molecule has 0 heterocycles. The molecule has 0 radical (unpaired) electrons. The first kappa shape index (κ1) is 17.2. The van der Waals surface area contributed by atoms with Crippen LogP contribution in [0.15, 0.2) is 91.0 Å². The van der Waals surface area contributed by atoms with E-state index in [1.54, 1.807) is 0 Å². The number of hydrogen-bond acceptors (Lipinski definition) is 0. The Kier molecular flexibility index (Phi) is 5.09. The van der Waals surface area contributed by atoms with Crippen molar-refractivity contribution in [3.05, 3.63) is 91.0 Å². The molecule has 0 aliphatic heterocycles. The van der Waals surface area contributed by atoms with Crippen LogP contribution in [0, 0.1) is 12.3 Å². The van der Waals surface area contributed by atoms with Crippen LogP contribution in [-0.4, -0.2) is 6.16 Å². The van der Waals surface area contributed by atoms with Crippen LogP contribution in [0.25, 0.3) is 0 Å². The molecule has 0 aliphatic rings. The van der Waals surface area contributed by atoms with Crippen molar-refractivity contribution in [3.8, 4) is 12.3 Å². The zero-order chi connectivity index (χ0) is 16.9. The van der Waals surface area contributed by atoms with Crippen LogP contribution in [0.5, 0.6) is 0 Å². The van der Waals surface area contributed by atoms with E-state index in [9.17, 15) is 0 Å². The van der Waals surface area contributed by atoms with Gasteiger partial charge in [0.15, 0.2) is 0 Å². The average Bonchev–Trinajstić information content (AvgIpc) is 2.68. The molecular formula is C22H20IP. The van der Waals surface area contributed by atoms with Gasteiger partial charge in [-0.05, 0) is 0 Å². The third-order valence-corrected chi connectivity index (χ3v) is 16.2. The van der Waals surface area contributed by atoms with Crippen LogP contribution >= 0.6 is 26.3 Å². The zero-order valence-corrected chi connectivity index (χ0v) is 16.5. The second-order valence-electron chi connectivity index (χ2n) is 5.87. The first-order valence-corrected chi connectivity index (χ1v) is 13.2. The molecular weight excluding hydrogens is 422 g/mol. The van der Waals surface area contributed by atoms with Crippen LogP contribution in [0.1, 0.15) is 6.42 Å². The van der Waals surface area contributed by atoms with Crippen LogP contribution in [0.2, 0.25) is 0 Å². The van der Waals surface area contributed by atoms with E-state index in [1.807, 2.05) is 0 Å². The van der Waals surface area contributed by atoms with E-state index in [0.717, 1.165) is 12.6 Å². The van der Waals surface area contributed by atoms with Gasteiger partial charge in [0, 0.05) is 0 Å². The van der Waals surface area contributed by atoms with Gasteiger partial charge in [0.2, 0.25) is 0 Å². The summed E-state index contributed by atoms with van der Waals surface area (Å²) in [5, 5.41) is 4.16. The van der Waals surface area contributed by atoms with E-state index in [4.69, 9.17) is 6.42 Å². The quantitative estimate of drug-likeness (QED) is 0.300. The molecule has 0 N–H and O–H groups in total. The van der Waals surface area contributed by atoms with Gasteiger partial charge in [0.1, 0.15) is 0 Å². The first-order chi connectivity index (χ1) is 11.7. The molecule has 0 saturated carbocycles. The van der Waals surface area contributed by atoms with Gasteiger partial charge in [0.05, 0.1) is 0 Å². The molecule has 3 aromatic rings. The summed E-state index contributed by atoms with van der Waals surface area (Å²) in [6.07, 6.45) is 7.43. The van der Waals surface area contributed by atoms with Crippen LogP contribution < -0.4 is 15.9 Å². The van der Waals surface area contributed by atoms with E-state index in [2.05, 4.69) is 119 Å². The van der Waals surface area contributed by atoms with Crippen molar-refractivity contribution in [1.82, 2.24) is 0 Å². The summed E-state index contributed by atoms with van der Waals surface area (Å²) in [4.78, 5) is 0. The molecule has 0 saturated heterocycles. The molecule has 0 bridgehead atoms. The normalized spacial score (nSPS) is 12.8. The SMILES string of the molecule is C#CCCP(I)(c1ccccc1)(c1ccccc1)c1ccccc1. The molecule has 0 unspecified atom stereocenters. The monoisotopic (exact) mass is 442 g/mol. The molecule has 0 aliphatic carbocycles. The third-order valence-electron chi connectivity index (χ3n) is 4.56. The molecule has 0 atom stereocenters. The predicted molar refractivity (Wildman–Crippen MR) is 117 cm³/mol. The molecule has 24 heavy (non-hydrogen) atoms. The van der Waals surface area contributed by atoms with Crippen molar-refractivity contribution in [2.24, 2.45) is 0 Å². The fraction of sp³-hybridized carbons (Fsp3) is 0.0909. The van der Waals surface area contributed by atoms with Crippen molar-refractivity contribution < 1.29 is 0 Å². The number of hydrogen-bond donors (Lipinski definition) is 0. The van der Waals surface area contributed by atoms with Gasteiger partial charge in [-0.3, -0.25) is 0 Å². The Morgan fingerprint density at radius 1 is 0.667 bits per heavy atom. The van der Waals surface area contributed by atoms with Gasteiger partial charge < -0.3 is 0 Å². The topological polar surface area (TPSA) is 0 Å². The van der Waals surface area contributed by atoms with Gasteiger partial charge >= 0.3 is 158 Å². The van der Waals surface area contributed by atoms with E-state index < -0.39 is 4.25 Å². The number of rotatable bonds is 5. The summed E-state index contributed by atoms with van der Waals surface area (Å²) in [6.45, 7) is 0. The van der Waals surface area contributed by atoms with Crippen LogP contribution in [0.3, 0.4) is 0 Å². The Morgan fingerprint density at radius 3 is 1.29 bits per heavy atom. The minimum atomic E-state index is -2.62. The fourth-order valence-corrected chi connectivity index (χ4v) is 11.5. The minimum absolute atomic E-state index is 0.763. The molecule has 0 spiro atoms. The second-order valence-corrected chi connectivity index (χ2v) is 16.6. The number of terminal acetylenes is 1. The third kappa shape index (κ3) is 2.79. The van der Waals surface area contributed by atoms with E-state index in [-0.39, 0.29) is 0 Å². The molecule has 120 valence electrons. The Balaban J connectivity index is 2.40. The standard InChI is InChI=1S/C22H20IP/c1-2-3-19-24(23,20-13-7-4-8-14-20,21-15-9-5-10-16-21)22-17-11-6-12-18-22/h1,4-18H,3,19H2. The van der Waals surface area contributed by atoms with Crippen LogP contribution in [0.4, 0.5) is 0 Å². The van der Waals surface area contributed by atoms with Gasteiger partial charge in [-0.15, -0.1) is 0 Å². The summed E-state index contributed by atoms with van der Waals surface area (Å²) < 4.78 is -2.62. The van der Waals surface area contributed by atoms with Gasteiger partial charge in [-0.25, -0.2) is 0 Å². The Bertz CT molecular complexity index is 736. The first-order valence-electron chi connectivity index (χ1n) is 8.03. The Morgan fingerprint density at radius 2 is 1.00 bits per heavy atom. The van der Waals surface area contributed by atoms with Crippen molar-refractivity contribution in [2.45, 2.75) is 6.42 Å². The predicted octanol–water partition coefficient (Wildman–Crippen LogP) is 4.89. The molecule has 0 fully saturated rings. The molecule has 0 aromatic heterocycles. The maximum absolute atomic E-state index is 5.70. The van der Waals surface area contributed by atoms with E-state index >= 15 is 0 Å². The van der Waals surface area contributed by atoms with Crippen molar-refractivity contribution in [3.63, 3.8) is 0 Å². The zero-order valence-electron chi connectivity index (χ0n) is 13.5. The fourth-order valence-electron chi connectivity index (χ4n) is 3.33. The molecule has 3 rings (SSSR count).